The van der Waals surface area contributed by atoms with Crippen LogP contribution in [0.2, 0.25) is 0 Å². The summed E-state index contributed by atoms with van der Waals surface area (Å²) in [6, 6.07) is 1.88. The molecule has 0 aliphatic carbocycles. The maximum Gasteiger partial charge on any atom is 0.142 e. The minimum atomic E-state index is 0.547. The zero-order valence-electron chi connectivity index (χ0n) is 9.40. The second kappa shape index (κ2) is 4.67. The van der Waals surface area contributed by atoms with Gasteiger partial charge in [0.2, 0.25) is 0 Å². The van der Waals surface area contributed by atoms with Crippen molar-refractivity contribution < 1.29 is 0 Å². The van der Waals surface area contributed by atoms with E-state index in [1.807, 2.05) is 13.0 Å². The fourth-order valence-corrected chi connectivity index (χ4v) is 2.50. The largest absolute Gasteiger partial charge is 0.326 e. The molecule has 2 N–H and O–H groups in total. The lowest BCUT2D eigenvalue weighted by molar-refractivity contribution is 0.985. The smallest absolute Gasteiger partial charge is 0.142 e. The highest BCUT2D eigenvalue weighted by Gasteiger charge is 2.11. The Labute approximate surface area is 98.6 Å². The minimum Gasteiger partial charge on any atom is -0.326 e. The summed E-state index contributed by atoms with van der Waals surface area (Å²) in [7, 11) is 0. The SMILES string of the molecule is CCc1nc(-c2ccnc(C)n2)sc1CN. The van der Waals surface area contributed by atoms with E-state index in [0.717, 1.165) is 33.5 Å². The lowest BCUT2D eigenvalue weighted by Crippen LogP contribution is -1.96. The molecule has 0 fully saturated rings. The first kappa shape index (κ1) is 11.2. The molecule has 0 atom stereocenters. The van der Waals surface area contributed by atoms with E-state index in [4.69, 9.17) is 5.73 Å². The van der Waals surface area contributed by atoms with Crippen LogP contribution in [0.3, 0.4) is 0 Å². The summed E-state index contributed by atoms with van der Waals surface area (Å²) in [6.45, 7) is 4.51. The fraction of sp³-hybridized carbons (Fsp3) is 0.364. The van der Waals surface area contributed by atoms with Crippen molar-refractivity contribution in [3.63, 3.8) is 0 Å². The third kappa shape index (κ3) is 2.10. The molecule has 0 unspecified atom stereocenters. The molecule has 0 spiro atoms. The second-order valence-electron chi connectivity index (χ2n) is 3.44. The Morgan fingerprint density at radius 2 is 2.19 bits per heavy atom. The number of aromatic nitrogens is 3. The molecule has 0 radical (unpaired) electrons. The molecule has 2 aromatic heterocycles. The molecule has 2 rings (SSSR count). The van der Waals surface area contributed by atoms with Crippen LogP contribution in [-0.4, -0.2) is 15.0 Å². The predicted octanol–water partition coefficient (Wildman–Crippen LogP) is 1.93. The third-order valence-corrected chi connectivity index (χ3v) is 3.44. The maximum atomic E-state index is 5.69. The van der Waals surface area contributed by atoms with Crippen molar-refractivity contribution in [1.82, 2.24) is 15.0 Å². The molecule has 0 aliphatic rings. The Kier molecular flexibility index (Phi) is 3.26. The van der Waals surface area contributed by atoms with E-state index in [1.54, 1.807) is 17.5 Å². The molecule has 0 amide bonds. The van der Waals surface area contributed by atoms with E-state index in [0.29, 0.717) is 6.54 Å². The summed E-state index contributed by atoms with van der Waals surface area (Å²) in [4.78, 5) is 14.1. The van der Waals surface area contributed by atoms with Crippen LogP contribution in [0.25, 0.3) is 10.7 Å². The molecule has 2 aromatic rings. The Morgan fingerprint density at radius 1 is 1.38 bits per heavy atom. The Bertz CT molecular complexity index is 471. The number of nitrogens with two attached hydrogens (primary N) is 1. The highest BCUT2D eigenvalue weighted by molar-refractivity contribution is 7.15. The van der Waals surface area contributed by atoms with Gasteiger partial charge in [-0.15, -0.1) is 11.3 Å². The third-order valence-electron chi connectivity index (χ3n) is 2.29. The molecular formula is C11H14N4S. The molecule has 0 aromatic carbocycles. The van der Waals surface area contributed by atoms with Gasteiger partial charge >= 0.3 is 0 Å². The van der Waals surface area contributed by atoms with E-state index in [2.05, 4.69) is 21.9 Å². The Balaban J connectivity index is 2.44. The van der Waals surface area contributed by atoms with Crippen molar-refractivity contribution in [3.8, 4) is 10.7 Å². The van der Waals surface area contributed by atoms with Gasteiger partial charge in [0.1, 0.15) is 16.5 Å². The van der Waals surface area contributed by atoms with Crippen LogP contribution in [-0.2, 0) is 13.0 Å². The van der Waals surface area contributed by atoms with E-state index >= 15 is 0 Å². The molecular weight excluding hydrogens is 220 g/mol. The van der Waals surface area contributed by atoms with Gasteiger partial charge in [-0.1, -0.05) is 6.92 Å². The summed E-state index contributed by atoms with van der Waals surface area (Å²) in [5, 5.41) is 0.933. The number of rotatable bonds is 3. The van der Waals surface area contributed by atoms with Crippen molar-refractivity contribution in [2.75, 3.05) is 0 Å². The van der Waals surface area contributed by atoms with Gasteiger partial charge in [-0.2, -0.15) is 0 Å². The molecule has 5 heteroatoms. The lowest BCUT2D eigenvalue weighted by atomic mass is 10.3. The van der Waals surface area contributed by atoms with Crippen LogP contribution in [0.5, 0.6) is 0 Å². The van der Waals surface area contributed by atoms with Crippen LogP contribution in [0.15, 0.2) is 12.3 Å². The van der Waals surface area contributed by atoms with Gasteiger partial charge in [-0.3, -0.25) is 0 Å². The average Bonchev–Trinajstić information content (AvgIpc) is 2.72. The van der Waals surface area contributed by atoms with Gasteiger partial charge in [0, 0.05) is 17.6 Å². The van der Waals surface area contributed by atoms with Gasteiger partial charge in [-0.25, -0.2) is 15.0 Å². The molecule has 84 valence electrons. The van der Waals surface area contributed by atoms with Crippen LogP contribution in [0.4, 0.5) is 0 Å². The zero-order valence-corrected chi connectivity index (χ0v) is 10.2. The summed E-state index contributed by atoms with van der Waals surface area (Å²) in [5.41, 5.74) is 7.65. The lowest BCUT2D eigenvalue weighted by Gasteiger charge is -1.95. The van der Waals surface area contributed by atoms with E-state index in [1.165, 1.54) is 0 Å². The fourth-order valence-electron chi connectivity index (χ4n) is 1.50. The van der Waals surface area contributed by atoms with Crippen LogP contribution in [0.1, 0.15) is 23.3 Å². The zero-order chi connectivity index (χ0) is 11.5. The van der Waals surface area contributed by atoms with Crippen molar-refractivity contribution in [3.05, 3.63) is 28.7 Å². The van der Waals surface area contributed by atoms with E-state index in [9.17, 15) is 0 Å². The highest BCUT2D eigenvalue weighted by atomic mass is 32.1. The van der Waals surface area contributed by atoms with Gasteiger partial charge < -0.3 is 5.73 Å². The number of hydrogen-bond donors (Lipinski definition) is 1. The van der Waals surface area contributed by atoms with Gasteiger partial charge in [0.25, 0.3) is 0 Å². The van der Waals surface area contributed by atoms with Crippen molar-refractivity contribution in [1.29, 1.82) is 0 Å². The summed E-state index contributed by atoms with van der Waals surface area (Å²) < 4.78 is 0. The first-order valence-corrected chi connectivity index (χ1v) is 6.05. The molecule has 2 heterocycles. The van der Waals surface area contributed by atoms with Crippen molar-refractivity contribution in [2.24, 2.45) is 5.73 Å². The quantitative estimate of drug-likeness (QED) is 0.881. The Morgan fingerprint density at radius 3 is 2.75 bits per heavy atom. The molecule has 0 saturated heterocycles. The monoisotopic (exact) mass is 234 g/mol. The van der Waals surface area contributed by atoms with Gasteiger partial charge in [0.05, 0.1) is 5.69 Å². The number of hydrogen-bond acceptors (Lipinski definition) is 5. The van der Waals surface area contributed by atoms with Crippen LogP contribution >= 0.6 is 11.3 Å². The molecule has 0 bridgehead atoms. The first-order chi connectivity index (χ1) is 7.74. The second-order valence-corrected chi connectivity index (χ2v) is 4.52. The highest BCUT2D eigenvalue weighted by Crippen LogP contribution is 2.26. The first-order valence-electron chi connectivity index (χ1n) is 5.23. The summed E-state index contributed by atoms with van der Waals surface area (Å²) in [6.07, 6.45) is 2.67. The minimum absolute atomic E-state index is 0.547. The topological polar surface area (TPSA) is 64.7 Å². The summed E-state index contributed by atoms with van der Waals surface area (Å²) in [5.74, 6) is 0.764. The van der Waals surface area contributed by atoms with Crippen LogP contribution in [0, 0.1) is 6.92 Å². The van der Waals surface area contributed by atoms with E-state index in [-0.39, 0.29) is 0 Å². The van der Waals surface area contributed by atoms with Crippen LogP contribution < -0.4 is 5.73 Å². The normalized spacial score (nSPS) is 10.7. The number of aryl methyl sites for hydroxylation is 2. The number of nitrogens with zero attached hydrogens (tertiary/aromatic N) is 3. The van der Waals surface area contributed by atoms with Crippen molar-refractivity contribution >= 4 is 11.3 Å². The molecule has 4 nitrogen and oxygen atoms in total. The Hall–Kier alpha value is -1.33. The maximum absolute atomic E-state index is 5.69. The van der Waals surface area contributed by atoms with Gasteiger partial charge in [0.15, 0.2) is 0 Å². The molecule has 0 aliphatic heterocycles. The van der Waals surface area contributed by atoms with E-state index < -0.39 is 0 Å². The van der Waals surface area contributed by atoms with Crippen molar-refractivity contribution in [2.45, 2.75) is 26.8 Å². The predicted molar refractivity (Wildman–Crippen MR) is 65.1 cm³/mol. The summed E-state index contributed by atoms with van der Waals surface area (Å²) >= 11 is 1.62. The molecule has 0 saturated carbocycles. The van der Waals surface area contributed by atoms with Gasteiger partial charge in [-0.05, 0) is 19.4 Å². The average molecular weight is 234 g/mol. The molecule has 16 heavy (non-hydrogen) atoms. The standard InChI is InChI=1S/C11H14N4S/c1-3-8-10(6-12)16-11(15-8)9-4-5-13-7(2)14-9/h4-5H,3,6,12H2,1-2H3. The number of thiazole rings is 1.